The molecule has 0 aliphatic heterocycles. The fourth-order valence-corrected chi connectivity index (χ4v) is 1.66. The number of ketones is 1. The molecule has 2 nitrogen and oxygen atoms in total. The van der Waals surface area contributed by atoms with Crippen molar-refractivity contribution in [3.05, 3.63) is 35.6 Å². The number of rotatable bonds is 4. The lowest BCUT2D eigenvalue weighted by molar-refractivity contribution is 0.102. The molecule has 1 rings (SSSR count). The van der Waals surface area contributed by atoms with Gasteiger partial charge in [-0.05, 0) is 12.1 Å². The molecule has 14 heavy (non-hydrogen) atoms. The number of hydrogen-bond acceptors (Lipinski definition) is 2. The predicted molar refractivity (Wildman–Crippen MR) is 54.3 cm³/mol. The second-order valence-electron chi connectivity index (χ2n) is 2.81. The van der Waals surface area contributed by atoms with Crippen molar-refractivity contribution in [1.29, 1.82) is 0 Å². The fourth-order valence-electron chi connectivity index (χ4n) is 0.994. The Balaban J connectivity index is 2.75. The van der Waals surface area contributed by atoms with Crippen LogP contribution >= 0.6 is 0 Å². The van der Waals surface area contributed by atoms with Gasteiger partial charge in [-0.2, -0.15) is 0 Å². The van der Waals surface area contributed by atoms with Crippen molar-refractivity contribution in [3.63, 3.8) is 0 Å². The van der Waals surface area contributed by atoms with E-state index >= 15 is 0 Å². The third kappa shape index (κ3) is 3.03. The summed E-state index contributed by atoms with van der Waals surface area (Å²) in [6, 6.07) is 5.43. The van der Waals surface area contributed by atoms with Gasteiger partial charge in [0.05, 0.1) is 5.75 Å². The molecule has 0 heterocycles. The van der Waals surface area contributed by atoms with Gasteiger partial charge >= 0.3 is 0 Å². The third-order valence-corrected chi connectivity index (χ3v) is 2.99. The molecule has 0 aromatic heterocycles. The van der Waals surface area contributed by atoms with E-state index < -0.39 is 16.6 Å². The average molecular weight is 214 g/mol. The summed E-state index contributed by atoms with van der Waals surface area (Å²) in [6.45, 7) is 1.75. The van der Waals surface area contributed by atoms with Crippen molar-refractivity contribution >= 4 is 16.6 Å². The van der Waals surface area contributed by atoms with Gasteiger partial charge in [-0.1, -0.05) is 19.1 Å². The van der Waals surface area contributed by atoms with Crippen LogP contribution in [0, 0.1) is 5.82 Å². The molecule has 76 valence electrons. The van der Waals surface area contributed by atoms with E-state index in [0.29, 0.717) is 5.75 Å². The number of benzene rings is 1. The van der Waals surface area contributed by atoms with E-state index in [9.17, 15) is 13.4 Å². The van der Waals surface area contributed by atoms with Crippen molar-refractivity contribution in [2.45, 2.75) is 6.92 Å². The van der Waals surface area contributed by atoms with Crippen molar-refractivity contribution in [1.82, 2.24) is 0 Å². The molecule has 1 aromatic carbocycles. The SMILES string of the molecule is CCS(=O)CC(=O)c1cccc(F)c1. The minimum absolute atomic E-state index is 0.0278. The molecular weight excluding hydrogens is 203 g/mol. The first kappa shape index (κ1) is 11.0. The quantitative estimate of drug-likeness (QED) is 0.716. The largest absolute Gasteiger partial charge is 0.293 e. The summed E-state index contributed by atoms with van der Waals surface area (Å²) >= 11 is 0. The van der Waals surface area contributed by atoms with Crippen LogP contribution in [0.2, 0.25) is 0 Å². The highest BCUT2D eigenvalue weighted by Crippen LogP contribution is 2.05. The highest BCUT2D eigenvalue weighted by atomic mass is 32.2. The molecule has 4 heteroatoms. The molecule has 0 aliphatic rings. The molecule has 0 bridgehead atoms. The van der Waals surface area contributed by atoms with Crippen molar-refractivity contribution in [2.24, 2.45) is 0 Å². The Bertz CT molecular complexity index is 363. The van der Waals surface area contributed by atoms with Crippen LogP contribution in [-0.4, -0.2) is 21.5 Å². The molecule has 0 N–H and O–H groups in total. The molecule has 0 fully saturated rings. The summed E-state index contributed by atoms with van der Waals surface area (Å²) in [4.78, 5) is 11.4. The fraction of sp³-hybridized carbons (Fsp3) is 0.300. The number of carbonyl (C=O) groups excluding carboxylic acids is 1. The molecule has 0 spiro atoms. The van der Waals surface area contributed by atoms with Crippen LogP contribution in [0.5, 0.6) is 0 Å². The summed E-state index contributed by atoms with van der Waals surface area (Å²) in [6.07, 6.45) is 0. The zero-order chi connectivity index (χ0) is 10.6. The van der Waals surface area contributed by atoms with E-state index in [-0.39, 0.29) is 17.1 Å². The average Bonchev–Trinajstić information content (AvgIpc) is 2.17. The molecule has 1 atom stereocenters. The first-order valence-electron chi connectivity index (χ1n) is 4.27. The van der Waals surface area contributed by atoms with Gasteiger partial charge in [-0.15, -0.1) is 0 Å². The Morgan fingerprint density at radius 3 is 2.79 bits per heavy atom. The summed E-state index contributed by atoms with van der Waals surface area (Å²) in [5.41, 5.74) is 0.284. The van der Waals surface area contributed by atoms with Gasteiger partial charge in [0, 0.05) is 22.1 Å². The van der Waals surface area contributed by atoms with Gasteiger partial charge in [0.15, 0.2) is 5.78 Å². The lowest BCUT2D eigenvalue weighted by Crippen LogP contribution is -2.12. The minimum atomic E-state index is -1.14. The van der Waals surface area contributed by atoms with Gasteiger partial charge in [0.1, 0.15) is 5.82 Å². The molecule has 0 radical (unpaired) electrons. The highest BCUT2D eigenvalue weighted by Gasteiger charge is 2.09. The van der Waals surface area contributed by atoms with Crippen molar-refractivity contribution in [2.75, 3.05) is 11.5 Å². The van der Waals surface area contributed by atoms with Crippen LogP contribution in [-0.2, 0) is 10.8 Å². The third-order valence-electron chi connectivity index (χ3n) is 1.76. The first-order chi connectivity index (χ1) is 6.63. The van der Waals surface area contributed by atoms with Gasteiger partial charge < -0.3 is 0 Å². The van der Waals surface area contributed by atoms with Crippen LogP contribution in [0.1, 0.15) is 17.3 Å². The smallest absolute Gasteiger partial charge is 0.175 e. The van der Waals surface area contributed by atoms with Crippen molar-refractivity contribution < 1.29 is 13.4 Å². The minimum Gasteiger partial charge on any atom is -0.293 e. The second-order valence-corrected chi connectivity index (χ2v) is 4.55. The van der Waals surface area contributed by atoms with Crippen LogP contribution < -0.4 is 0 Å². The zero-order valence-electron chi connectivity index (χ0n) is 7.83. The van der Waals surface area contributed by atoms with Gasteiger partial charge in [-0.3, -0.25) is 9.00 Å². The summed E-state index contributed by atoms with van der Waals surface area (Å²) in [5, 5.41) is 0. The molecule has 0 saturated heterocycles. The number of Topliss-reactive ketones (excluding diaryl/α,β-unsaturated/α-hetero) is 1. The van der Waals surface area contributed by atoms with Crippen LogP contribution in [0.25, 0.3) is 0 Å². The Morgan fingerprint density at radius 1 is 1.50 bits per heavy atom. The second kappa shape index (κ2) is 5.00. The molecule has 0 saturated carbocycles. The number of carbonyl (C=O) groups is 1. The lowest BCUT2D eigenvalue weighted by Gasteiger charge is -1.99. The number of hydrogen-bond donors (Lipinski definition) is 0. The summed E-state index contributed by atoms with van der Waals surface area (Å²) in [7, 11) is -1.14. The van der Waals surface area contributed by atoms with E-state index in [1.807, 2.05) is 0 Å². The van der Waals surface area contributed by atoms with E-state index in [1.165, 1.54) is 18.2 Å². The Kier molecular flexibility index (Phi) is 3.95. The molecule has 0 amide bonds. The van der Waals surface area contributed by atoms with E-state index in [0.717, 1.165) is 6.07 Å². The molecule has 0 aliphatic carbocycles. The van der Waals surface area contributed by atoms with E-state index in [1.54, 1.807) is 6.92 Å². The topological polar surface area (TPSA) is 34.1 Å². The van der Waals surface area contributed by atoms with Gasteiger partial charge in [0.2, 0.25) is 0 Å². The van der Waals surface area contributed by atoms with E-state index in [4.69, 9.17) is 0 Å². The Labute approximate surface area is 84.6 Å². The van der Waals surface area contributed by atoms with Gasteiger partial charge in [0.25, 0.3) is 0 Å². The molecular formula is C10H11FO2S. The van der Waals surface area contributed by atoms with Gasteiger partial charge in [-0.25, -0.2) is 4.39 Å². The Hall–Kier alpha value is -1.03. The standard InChI is InChI=1S/C10H11FO2S/c1-2-14(13)7-10(12)8-4-3-5-9(11)6-8/h3-6H,2,7H2,1H3. The lowest BCUT2D eigenvalue weighted by atomic mass is 10.1. The van der Waals surface area contributed by atoms with Crippen LogP contribution in [0.4, 0.5) is 4.39 Å². The number of halogens is 1. The van der Waals surface area contributed by atoms with E-state index in [2.05, 4.69) is 0 Å². The first-order valence-corrected chi connectivity index (χ1v) is 5.76. The normalized spacial score (nSPS) is 12.4. The van der Waals surface area contributed by atoms with Crippen LogP contribution in [0.15, 0.2) is 24.3 Å². The predicted octanol–water partition coefficient (Wildman–Crippen LogP) is 1.78. The monoisotopic (exact) mass is 214 g/mol. The molecule has 1 aromatic rings. The maximum absolute atomic E-state index is 12.7. The van der Waals surface area contributed by atoms with Crippen molar-refractivity contribution in [3.8, 4) is 0 Å². The summed E-state index contributed by atoms with van der Waals surface area (Å²) < 4.78 is 23.8. The van der Waals surface area contributed by atoms with Crippen LogP contribution in [0.3, 0.4) is 0 Å². The summed E-state index contributed by atoms with van der Waals surface area (Å²) in [5.74, 6) is -0.302. The maximum Gasteiger partial charge on any atom is 0.175 e. The molecule has 1 unspecified atom stereocenters. The zero-order valence-corrected chi connectivity index (χ0v) is 8.64. The highest BCUT2D eigenvalue weighted by molar-refractivity contribution is 7.85. The Morgan fingerprint density at radius 2 is 2.21 bits per heavy atom. The maximum atomic E-state index is 12.7.